The van der Waals surface area contributed by atoms with Crippen LogP contribution in [0.2, 0.25) is 0 Å². The van der Waals surface area contributed by atoms with Gasteiger partial charge in [-0.05, 0) is 35.9 Å². The second-order valence-corrected chi connectivity index (χ2v) is 5.42. The van der Waals surface area contributed by atoms with Crippen molar-refractivity contribution in [3.63, 3.8) is 0 Å². The molecule has 5 heteroatoms. The van der Waals surface area contributed by atoms with Crippen molar-refractivity contribution in [3.8, 4) is 0 Å². The zero-order valence-corrected chi connectivity index (χ0v) is 13.1. The Hall–Kier alpha value is -3.08. The lowest BCUT2D eigenvalue weighted by Crippen LogP contribution is -2.29. The molecule has 0 atom stereocenters. The van der Waals surface area contributed by atoms with E-state index in [1.807, 2.05) is 73.6 Å². The van der Waals surface area contributed by atoms with Crippen LogP contribution in [0.4, 0.5) is 11.4 Å². The number of amides is 1. The zero-order chi connectivity index (χ0) is 16.2. The van der Waals surface area contributed by atoms with Gasteiger partial charge < -0.3 is 10.2 Å². The van der Waals surface area contributed by atoms with Gasteiger partial charge in [-0.15, -0.1) is 0 Å². The van der Waals surface area contributed by atoms with E-state index in [2.05, 4.69) is 15.6 Å². The Morgan fingerprint density at radius 2 is 1.74 bits per heavy atom. The Morgan fingerprint density at radius 1 is 1.04 bits per heavy atom. The van der Waals surface area contributed by atoms with Crippen molar-refractivity contribution in [1.82, 2.24) is 5.32 Å². The Labute approximate surface area is 135 Å². The van der Waals surface area contributed by atoms with E-state index in [0.717, 1.165) is 16.9 Å². The van der Waals surface area contributed by atoms with Gasteiger partial charge in [0, 0.05) is 25.5 Å². The maximum absolute atomic E-state index is 12.0. The smallest absolute Gasteiger partial charge is 0.276 e. The minimum atomic E-state index is -0.208. The van der Waals surface area contributed by atoms with E-state index in [-0.39, 0.29) is 5.91 Å². The number of carbonyl (C=O) groups is 1. The predicted octanol–water partition coefficient (Wildman–Crippen LogP) is 2.69. The number of nitrogens with zero attached hydrogens (tertiary/aromatic N) is 2. The summed E-state index contributed by atoms with van der Waals surface area (Å²) in [7, 11) is 3.98. The largest absolute Gasteiger partial charge is 0.378 e. The minimum Gasteiger partial charge on any atom is -0.378 e. The quantitative estimate of drug-likeness (QED) is 0.857. The van der Waals surface area contributed by atoms with E-state index in [0.29, 0.717) is 11.7 Å². The Balaban J connectivity index is 1.77. The van der Waals surface area contributed by atoms with Gasteiger partial charge in [0.1, 0.15) is 5.70 Å². The number of guanidine groups is 1. The maximum atomic E-state index is 12.0. The number of anilines is 2. The average molecular weight is 306 g/mol. The summed E-state index contributed by atoms with van der Waals surface area (Å²) in [6, 6.07) is 17.5. The normalized spacial score (nSPS) is 15.3. The molecule has 2 aromatic carbocycles. The van der Waals surface area contributed by atoms with Crippen molar-refractivity contribution >= 4 is 29.3 Å². The number of carbonyl (C=O) groups excluding carboxylic acids is 1. The summed E-state index contributed by atoms with van der Waals surface area (Å²) in [5, 5.41) is 5.81. The first kappa shape index (κ1) is 14.8. The van der Waals surface area contributed by atoms with Gasteiger partial charge in [-0.2, -0.15) is 0 Å². The molecule has 0 aliphatic carbocycles. The Kier molecular flexibility index (Phi) is 4.10. The monoisotopic (exact) mass is 306 g/mol. The van der Waals surface area contributed by atoms with Crippen LogP contribution in [0.3, 0.4) is 0 Å². The van der Waals surface area contributed by atoms with Crippen molar-refractivity contribution in [2.75, 3.05) is 24.3 Å². The van der Waals surface area contributed by atoms with E-state index in [9.17, 15) is 4.79 Å². The van der Waals surface area contributed by atoms with Gasteiger partial charge in [0.05, 0.1) is 0 Å². The molecule has 1 heterocycles. The SMILES string of the molecule is CN(C)c1ccc(/C=C2/N=C(Nc3ccccc3)NC2=O)cc1. The van der Waals surface area contributed by atoms with Crippen molar-refractivity contribution in [2.24, 2.45) is 4.99 Å². The van der Waals surface area contributed by atoms with Crippen LogP contribution in [0.15, 0.2) is 65.3 Å². The second kappa shape index (κ2) is 6.36. The van der Waals surface area contributed by atoms with Crippen LogP contribution in [-0.4, -0.2) is 26.0 Å². The van der Waals surface area contributed by atoms with E-state index in [1.54, 1.807) is 6.08 Å². The van der Waals surface area contributed by atoms with Gasteiger partial charge in [0.25, 0.3) is 5.91 Å². The van der Waals surface area contributed by atoms with Crippen LogP contribution in [0.5, 0.6) is 0 Å². The molecular weight excluding hydrogens is 288 g/mol. The zero-order valence-electron chi connectivity index (χ0n) is 13.1. The molecule has 0 radical (unpaired) electrons. The topological polar surface area (TPSA) is 56.7 Å². The van der Waals surface area contributed by atoms with E-state index in [4.69, 9.17) is 0 Å². The molecule has 0 saturated carbocycles. The van der Waals surface area contributed by atoms with Crippen LogP contribution in [0.25, 0.3) is 6.08 Å². The summed E-state index contributed by atoms with van der Waals surface area (Å²) in [6.07, 6.45) is 1.77. The van der Waals surface area contributed by atoms with Crippen LogP contribution in [0, 0.1) is 0 Å². The average Bonchev–Trinajstić information content (AvgIpc) is 2.88. The summed E-state index contributed by atoms with van der Waals surface area (Å²) >= 11 is 0. The number of rotatable bonds is 3. The predicted molar refractivity (Wildman–Crippen MR) is 94.4 cm³/mol. The van der Waals surface area contributed by atoms with Crippen molar-refractivity contribution in [1.29, 1.82) is 0 Å². The van der Waals surface area contributed by atoms with Gasteiger partial charge in [-0.25, -0.2) is 4.99 Å². The Bertz CT molecular complexity index is 761. The molecule has 5 nitrogen and oxygen atoms in total. The van der Waals surface area contributed by atoms with Gasteiger partial charge in [-0.1, -0.05) is 30.3 Å². The summed E-state index contributed by atoms with van der Waals surface area (Å²) in [5.74, 6) is 0.234. The molecular formula is C18H18N4O. The lowest BCUT2D eigenvalue weighted by Gasteiger charge is -2.11. The fourth-order valence-electron chi connectivity index (χ4n) is 2.21. The summed E-state index contributed by atoms with van der Waals surface area (Å²) in [6.45, 7) is 0. The van der Waals surface area contributed by atoms with Crippen molar-refractivity contribution < 1.29 is 4.79 Å². The first-order chi connectivity index (χ1) is 11.1. The van der Waals surface area contributed by atoms with Crippen molar-refractivity contribution in [3.05, 3.63) is 65.9 Å². The van der Waals surface area contributed by atoms with Gasteiger partial charge >= 0.3 is 0 Å². The highest BCUT2D eigenvalue weighted by Gasteiger charge is 2.19. The third kappa shape index (κ3) is 3.58. The molecule has 2 aromatic rings. The van der Waals surface area contributed by atoms with E-state index in [1.165, 1.54) is 0 Å². The van der Waals surface area contributed by atoms with Crippen LogP contribution in [-0.2, 0) is 4.79 Å². The Morgan fingerprint density at radius 3 is 2.39 bits per heavy atom. The van der Waals surface area contributed by atoms with Crippen LogP contribution >= 0.6 is 0 Å². The summed E-state index contributed by atoms with van der Waals surface area (Å²) in [4.78, 5) is 18.4. The van der Waals surface area contributed by atoms with Gasteiger partial charge in [0.2, 0.25) is 5.96 Å². The third-order valence-electron chi connectivity index (χ3n) is 3.45. The summed E-state index contributed by atoms with van der Waals surface area (Å²) in [5.41, 5.74) is 3.31. The second-order valence-electron chi connectivity index (χ2n) is 5.42. The van der Waals surface area contributed by atoms with Gasteiger partial charge in [-0.3, -0.25) is 10.1 Å². The third-order valence-corrected chi connectivity index (χ3v) is 3.45. The molecule has 0 bridgehead atoms. The van der Waals surface area contributed by atoms with E-state index >= 15 is 0 Å². The first-order valence-electron chi connectivity index (χ1n) is 7.33. The minimum absolute atomic E-state index is 0.208. The fourth-order valence-corrected chi connectivity index (χ4v) is 2.21. The molecule has 2 N–H and O–H groups in total. The molecule has 1 aliphatic rings. The number of benzene rings is 2. The van der Waals surface area contributed by atoms with Crippen LogP contribution < -0.4 is 15.5 Å². The highest BCUT2D eigenvalue weighted by Crippen LogP contribution is 2.17. The number of hydrogen-bond acceptors (Lipinski definition) is 4. The highest BCUT2D eigenvalue weighted by molar-refractivity contribution is 6.17. The molecule has 3 rings (SSSR count). The number of para-hydroxylation sites is 1. The molecule has 23 heavy (non-hydrogen) atoms. The lowest BCUT2D eigenvalue weighted by molar-refractivity contribution is -0.115. The molecule has 116 valence electrons. The molecule has 0 saturated heterocycles. The number of nitrogens with one attached hydrogen (secondary N) is 2. The number of aliphatic imine (C=N–C) groups is 1. The van der Waals surface area contributed by atoms with E-state index < -0.39 is 0 Å². The van der Waals surface area contributed by atoms with Crippen LogP contribution in [0.1, 0.15) is 5.56 Å². The maximum Gasteiger partial charge on any atom is 0.276 e. The van der Waals surface area contributed by atoms with Gasteiger partial charge in [0.15, 0.2) is 0 Å². The fraction of sp³-hybridized carbons (Fsp3) is 0.111. The lowest BCUT2D eigenvalue weighted by atomic mass is 10.1. The molecule has 0 aromatic heterocycles. The summed E-state index contributed by atoms with van der Waals surface area (Å²) < 4.78 is 0. The first-order valence-corrected chi connectivity index (χ1v) is 7.33. The molecule has 0 fully saturated rings. The molecule has 1 aliphatic heterocycles. The standard InChI is InChI=1S/C18H18N4O/c1-22(2)15-10-8-13(9-11-15)12-16-17(23)21-18(20-16)19-14-6-4-3-5-7-14/h3-12H,1-2H3,(H2,19,20,21,23)/b16-12+. The molecule has 1 amide bonds. The molecule has 0 spiro atoms. The number of hydrogen-bond donors (Lipinski definition) is 2. The highest BCUT2D eigenvalue weighted by atomic mass is 16.2. The van der Waals surface area contributed by atoms with Crippen molar-refractivity contribution in [2.45, 2.75) is 0 Å². The molecule has 0 unspecified atom stereocenters.